The van der Waals surface area contributed by atoms with E-state index < -0.39 is 5.97 Å². The molecule has 5 nitrogen and oxygen atoms in total. The second-order valence-electron chi connectivity index (χ2n) is 4.66. The molecule has 1 aromatic heterocycles. The number of nitrogens with zero attached hydrogens (tertiary/aromatic N) is 1. The number of rotatable bonds is 7. The lowest BCUT2D eigenvalue weighted by Gasteiger charge is -2.12. The van der Waals surface area contributed by atoms with E-state index in [9.17, 15) is 9.59 Å². The molecule has 0 aliphatic carbocycles. The minimum absolute atomic E-state index is 0.000679. The summed E-state index contributed by atoms with van der Waals surface area (Å²) in [5.41, 5.74) is 0.582. The van der Waals surface area contributed by atoms with Crippen LogP contribution in [0.25, 0.3) is 0 Å². The molecule has 1 amide bonds. The van der Waals surface area contributed by atoms with Crippen molar-refractivity contribution < 1.29 is 14.3 Å². The predicted octanol–water partition coefficient (Wildman–Crippen LogP) is 3.39. The Balaban J connectivity index is 2.72. The van der Waals surface area contributed by atoms with Gasteiger partial charge < -0.3 is 10.1 Å². The van der Waals surface area contributed by atoms with Crippen LogP contribution in [0.4, 0.5) is 5.13 Å². The van der Waals surface area contributed by atoms with Crippen LogP contribution in [0.2, 0.25) is 0 Å². The molecular weight excluding hydrogens is 276 g/mol. The van der Waals surface area contributed by atoms with Gasteiger partial charge in [-0.05, 0) is 19.8 Å². The molecule has 0 saturated carbocycles. The van der Waals surface area contributed by atoms with E-state index in [0.717, 1.165) is 37.0 Å². The molecule has 0 spiro atoms. The van der Waals surface area contributed by atoms with Gasteiger partial charge in [-0.3, -0.25) is 4.79 Å². The summed E-state index contributed by atoms with van der Waals surface area (Å²) in [6.07, 6.45) is 3.80. The van der Waals surface area contributed by atoms with Crippen LogP contribution in [-0.4, -0.2) is 24.0 Å². The Labute approximate surface area is 123 Å². The largest absolute Gasteiger partial charge is 0.465 e. The number of methoxy groups -OCH3 is 1. The van der Waals surface area contributed by atoms with Gasteiger partial charge in [-0.2, -0.15) is 0 Å². The lowest BCUT2D eigenvalue weighted by molar-refractivity contribution is -0.120. The highest BCUT2D eigenvalue weighted by Crippen LogP contribution is 2.24. The van der Waals surface area contributed by atoms with Crippen LogP contribution in [-0.2, 0) is 9.53 Å². The summed E-state index contributed by atoms with van der Waals surface area (Å²) >= 11 is 1.15. The van der Waals surface area contributed by atoms with E-state index >= 15 is 0 Å². The van der Waals surface area contributed by atoms with E-state index in [0.29, 0.717) is 15.7 Å². The van der Waals surface area contributed by atoms with Crippen molar-refractivity contribution >= 4 is 28.3 Å². The number of thiazole rings is 1. The van der Waals surface area contributed by atoms with Gasteiger partial charge in [0.05, 0.1) is 12.8 Å². The summed E-state index contributed by atoms with van der Waals surface area (Å²) in [4.78, 5) is 28.3. The average Bonchev–Trinajstić information content (AvgIpc) is 2.79. The topological polar surface area (TPSA) is 68.3 Å². The van der Waals surface area contributed by atoms with Crippen molar-refractivity contribution in [3.05, 3.63) is 10.6 Å². The van der Waals surface area contributed by atoms with Gasteiger partial charge in [0, 0.05) is 5.92 Å². The van der Waals surface area contributed by atoms with Gasteiger partial charge in [-0.1, -0.05) is 38.0 Å². The summed E-state index contributed by atoms with van der Waals surface area (Å²) in [5.74, 6) is -0.439. The van der Waals surface area contributed by atoms with Gasteiger partial charge in [0.2, 0.25) is 5.91 Å². The van der Waals surface area contributed by atoms with E-state index in [1.807, 2.05) is 6.92 Å². The fourth-order valence-corrected chi connectivity index (χ4v) is 2.80. The molecule has 1 unspecified atom stereocenters. The van der Waals surface area contributed by atoms with Crippen LogP contribution in [0.15, 0.2) is 0 Å². The van der Waals surface area contributed by atoms with Gasteiger partial charge in [0.1, 0.15) is 4.88 Å². The zero-order valence-electron chi connectivity index (χ0n) is 12.5. The van der Waals surface area contributed by atoms with E-state index in [-0.39, 0.29) is 11.8 Å². The summed E-state index contributed by atoms with van der Waals surface area (Å²) in [6.45, 7) is 5.84. The second-order valence-corrected chi connectivity index (χ2v) is 5.66. The van der Waals surface area contributed by atoms with Crippen LogP contribution >= 0.6 is 11.3 Å². The summed E-state index contributed by atoms with van der Waals surface area (Å²) in [6, 6.07) is 0. The van der Waals surface area contributed by atoms with Crippen LogP contribution < -0.4 is 5.32 Å². The van der Waals surface area contributed by atoms with Crippen LogP contribution in [0.1, 0.15) is 54.9 Å². The maximum absolute atomic E-state index is 12.1. The van der Waals surface area contributed by atoms with E-state index in [2.05, 4.69) is 22.0 Å². The molecule has 0 fully saturated rings. The predicted molar refractivity (Wildman–Crippen MR) is 80.1 cm³/mol. The van der Waals surface area contributed by atoms with E-state index in [4.69, 9.17) is 0 Å². The Morgan fingerprint density at radius 3 is 2.65 bits per heavy atom. The first-order valence-corrected chi connectivity index (χ1v) is 7.71. The molecule has 0 aliphatic heterocycles. The Hall–Kier alpha value is -1.43. The Kier molecular flexibility index (Phi) is 6.64. The van der Waals surface area contributed by atoms with Gasteiger partial charge in [0.15, 0.2) is 5.13 Å². The maximum atomic E-state index is 12.1. The van der Waals surface area contributed by atoms with Gasteiger partial charge in [0.25, 0.3) is 0 Å². The van der Waals surface area contributed by atoms with Gasteiger partial charge in [-0.25, -0.2) is 9.78 Å². The third kappa shape index (κ3) is 4.30. The first-order chi connectivity index (χ1) is 9.53. The standard InChI is InChI=1S/C14H22N2O3S/c1-5-7-8-10(6-2)12(17)16-14-15-9(3)11(20-14)13(18)19-4/h10H,5-8H2,1-4H3,(H,15,16,17). The Bertz CT molecular complexity index is 471. The van der Waals surface area contributed by atoms with Gasteiger partial charge in [-0.15, -0.1) is 0 Å². The third-order valence-corrected chi connectivity index (χ3v) is 4.22. The molecule has 0 aromatic carbocycles. The van der Waals surface area contributed by atoms with Gasteiger partial charge >= 0.3 is 5.97 Å². The molecule has 0 aliphatic rings. The number of aromatic nitrogens is 1. The Morgan fingerprint density at radius 2 is 2.10 bits per heavy atom. The molecule has 0 radical (unpaired) electrons. The minimum atomic E-state index is -0.418. The van der Waals surface area contributed by atoms with Crippen molar-refractivity contribution in [1.82, 2.24) is 4.98 Å². The fraction of sp³-hybridized carbons (Fsp3) is 0.643. The molecule has 6 heteroatoms. The number of carbonyl (C=O) groups excluding carboxylic acids is 2. The zero-order valence-corrected chi connectivity index (χ0v) is 13.3. The van der Waals surface area contributed by atoms with Crippen molar-refractivity contribution in [1.29, 1.82) is 0 Å². The molecule has 112 valence electrons. The van der Waals surface area contributed by atoms with Crippen molar-refractivity contribution in [3.63, 3.8) is 0 Å². The lowest BCUT2D eigenvalue weighted by Crippen LogP contribution is -2.22. The quantitative estimate of drug-likeness (QED) is 0.783. The molecule has 1 rings (SSSR count). The smallest absolute Gasteiger partial charge is 0.350 e. The summed E-state index contributed by atoms with van der Waals surface area (Å²) in [5, 5.41) is 3.26. The number of unbranched alkanes of at least 4 members (excludes halogenated alkanes) is 1. The molecule has 1 N–H and O–H groups in total. The molecular formula is C14H22N2O3S. The number of carbonyl (C=O) groups is 2. The molecule has 20 heavy (non-hydrogen) atoms. The summed E-state index contributed by atoms with van der Waals surface area (Å²) < 4.78 is 4.68. The molecule has 0 saturated heterocycles. The first-order valence-electron chi connectivity index (χ1n) is 6.90. The number of hydrogen-bond acceptors (Lipinski definition) is 5. The minimum Gasteiger partial charge on any atom is -0.465 e. The van der Waals surface area contributed by atoms with Crippen LogP contribution in [0.3, 0.4) is 0 Å². The van der Waals surface area contributed by atoms with E-state index in [1.165, 1.54) is 7.11 Å². The van der Waals surface area contributed by atoms with Crippen molar-refractivity contribution in [2.45, 2.75) is 46.5 Å². The zero-order chi connectivity index (χ0) is 15.1. The highest BCUT2D eigenvalue weighted by molar-refractivity contribution is 7.17. The monoisotopic (exact) mass is 298 g/mol. The summed E-state index contributed by atoms with van der Waals surface area (Å²) in [7, 11) is 1.33. The average molecular weight is 298 g/mol. The molecule has 1 heterocycles. The van der Waals surface area contributed by atoms with Crippen molar-refractivity contribution in [2.75, 3.05) is 12.4 Å². The number of anilines is 1. The highest BCUT2D eigenvalue weighted by atomic mass is 32.1. The van der Waals surface area contributed by atoms with Crippen LogP contribution in [0.5, 0.6) is 0 Å². The highest BCUT2D eigenvalue weighted by Gasteiger charge is 2.20. The first kappa shape index (κ1) is 16.6. The normalized spacial score (nSPS) is 12.0. The molecule has 1 atom stereocenters. The number of aryl methyl sites for hydroxylation is 1. The van der Waals surface area contributed by atoms with Crippen molar-refractivity contribution in [2.24, 2.45) is 5.92 Å². The number of hydrogen-bond donors (Lipinski definition) is 1. The number of amides is 1. The number of nitrogens with one attached hydrogen (secondary N) is 1. The lowest BCUT2D eigenvalue weighted by atomic mass is 9.99. The fourth-order valence-electron chi connectivity index (χ4n) is 1.91. The molecule has 1 aromatic rings. The van der Waals surface area contributed by atoms with E-state index in [1.54, 1.807) is 6.92 Å². The Morgan fingerprint density at radius 1 is 1.40 bits per heavy atom. The molecule has 0 bridgehead atoms. The second kappa shape index (κ2) is 7.99. The number of ether oxygens (including phenoxy) is 1. The maximum Gasteiger partial charge on any atom is 0.350 e. The van der Waals surface area contributed by atoms with Crippen molar-refractivity contribution in [3.8, 4) is 0 Å². The number of esters is 1. The third-order valence-electron chi connectivity index (χ3n) is 3.17. The SMILES string of the molecule is CCCCC(CC)C(=O)Nc1nc(C)c(C(=O)OC)s1. The van der Waals surface area contributed by atoms with Crippen LogP contribution in [0, 0.1) is 12.8 Å².